The first kappa shape index (κ1) is 27.1. The molecule has 3 N–H and O–H groups in total. The van der Waals surface area contributed by atoms with Crippen molar-refractivity contribution < 1.29 is 14.3 Å². The molecule has 0 radical (unpaired) electrons. The minimum absolute atomic E-state index is 0.0926. The second-order valence-electron chi connectivity index (χ2n) is 8.16. The monoisotopic (exact) mass is 487 g/mol. The second kappa shape index (κ2) is 13.5. The molecule has 2 heterocycles. The zero-order valence-electron chi connectivity index (χ0n) is 20.3. The van der Waals surface area contributed by atoms with Crippen molar-refractivity contribution in [2.24, 2.45) is 11.8 Å². The van der Waals surface area contributed by atoms with Gasteiger partial charge in [-0.3, -0.25) is 9.59 Å². The molecule has 2 aromatic rings. The zero-order chi connectivity index (χ0) is 25.1. The fourth-order valence-electron chi connectivity index (χ4n) is 3.21. The summed E-state index contributed by atoms with van der Waals surface area (Å²) in [5.41, 5.74) is 0.674. The minimum atomic E-state index is -0.399. The molecule has 0 bridgehead atoms. The molecule has 0 aromatic carbocycles. The Morgan fingerprint density at radius 3 is 2.47 bits per heavy atom. The van der Waals surface area contributed by atoms with Gasteiger partial charge in [-0.1, -0.05) is 45.4 Å². The highest BCUT2D eigenvalue weighted by Crippen LogP contribution is 2.25. The number of carbonyl (C=O) groups excluding carboxylic acids is 2. The van der Waals surface area contributed by atoms with Crippen molar-refractivity contribution in [3.63, 3.8) is 0 Å². The molecule has 0 saturated carbocycles. The number of nitrogens with zero attached hydrogens (tertiary/aromatic N) is 2. The molecular weight excluding hydrogens is 454 g/mol. The molecule has 9 heteroatoms. The molecular formula is C25H34ClN5O3. The van der Waals surface area contributed by atoms with Crippen LogP contribution in [0.5, 0.6) is 5.75 Å². The third-order valence-corrected chi connectivity index (χ3v) is 5.82. The summed E-state index contributed by atoms with van der Waals surface area (Å²) < 4.78 is 5.71. The summed E-state index contributed by atoms with van der Waals surface area (Å²) in [7, 11) is 1.74. The van der Waals surface area contributed by atoms with Gasteiger partial charge in [-0.25, -0.2) is 9.97 Å². The van der Waals surface area contributed by atoms with Crippen molar-refractivity contribution in [1.82, 2.24) is 15.3 Å². The van der Waals surface area contributed by atoms with E-state index in [1.54, 1.807) is 31.3 Å². The van der Waals surface area contributed by atoms with Crippen LogP contribution < -0.4 is 20.7 Å². The molecule has 2 rings (SSSR count). The van der Waals surface area contributed by atoms with E-state index >= 15 is 0 Å². The van der Waals surface area contributed by atoms with Crippen molar-refractivity contribution in [3.05, 3.63) is 47.8 Å². The van der Waals surface area contributed by atoms with Crippen LogP contribution in [0.4, 0.5) is 11.6 Å². The van der Waals surface area contributed by atoms with Crippen LogP contribution in [-0.2, 0) is 9.59 Å². The zero-order valence-corrected chi connectivity index (χ0v) is 21.0. The number of carbonyl (C=O) groups is 2. The summed E-state index contributed by atoms with van der Waals surface area (Å²) in [4.78, 5) is 33.7. The van der Waals surface area contributed by atoms with E-state index < -0.39 is 5.91 Å². The first-order chi connectivity index (χ1) is 16.3. The number of amides is 2. The highest BCUT2D eigenvalue weighted by atomic mass is 35.5. The Morgan fingerprint density at radius 2 is 1.85 bits per heavy atom. The number of anilines is 2. The molecule has 2 amide bonds. The summed E-state index contributed by atoms with van der Waals surface area (Å²) in [6, 6.07) is 6.62. The maximum atomic E-state index is 12.9. The first-order valence-electron chi connectivity index (χ1n) is 11.5. The summed E-state index contributed by atoms with van der Waals surface area (Å²) in [5, 5.41) is 8.95. The fraction of sp³-hybridized carbons (Fsp3) is 0.440. The molecule has 2 atom stereocenters. The van der Waals surface area contributed by atoms with Gasteiger partial charge in [-0.05, 0) is 49.4 Å². The maximum Gasteiger partial charge on any atom is 0.263 e. The molecule has 184 valence electrons. The van der Waals surface area contributed by atoms with Crippen LogP contribution in [0.15, 0.2) is 37.0 Å². The SMILES string of the molecule is C=C(NC(=O)[C@H](CC)CCC(C)CC)c1nc(NC)ccc1OCC(=O)Nc1ccc(Cl)cn1. The number of aromatic nitrogens is 2. The lowest BCUT2D eigenvalue weighted by molar-refractivity contribution is -0.124. The van der Waals surface area contributed by atoms with Crippen molar-refractivity contribution in [2.45, 2.75) is 46.5 Å². The molecule has 0 aliphatic rings. The van der Waals surface area contributed by atoms with Gasteiger partial charge in [0.1, 0.15) is 23.1 Å². The summed E-state index contributed by atoms with van der Waals surface area (Å²) in [5.74, 6) is 1.25. The molecule has 34 heavy (non-hydrogen) atoms. The molecule has 0 aliphatic carbocycles. The molecule has 0 aliphatic heterocycles. The lowest BCUT2D eigenvalue weighted by Gasteiger charge is -2.19. The van der Waals surface area contributed by atoms with E-state index in [4.69, 9.17) is 16.3 Å². The summed E-state index contributed by atoms with van der Waals surface area (Å²) in [6.07, 6.45) is 5.08. The Kier molecular flexibility index (Phi) is 10.8. The topological polar surface area (TPSA) is 105 Å². The van der Waals surface area contributed by atoms with Crippen LogP contribution >= 0.6 is 11.6 Å². The van der Waals surface area contributed by atoms with Crippen LogP contribution in [0.2, 0.25) is 5.02 Å². The van der Waals surface area contributed by atoms with E-state index in [0.717, 1.165) is 25.7 Å². The highest BCUT2D eigenvalue weighted by Gasteiger charge is 2.20. The van der Waals surface area contributed by atoms with Gasteiger partial charge in [0.15, 0.2) is 6.61 Å². The molecule has 0 spiro atoms. The van der Waals surface area contributed by atoms with E-state index in [9.17, 15) is 9.59 Å². The molecule has 1 unspecified atom stereocenters. The van der Waals surface area contributed by atoms with Crippen molar-refractivity contribution in [3.8, 4) is 5.75 Å². The second-order valence-corrected chi connectivity index (χ2v) is 8.59. The normalized spacial score (nSPS) is 12.4. The van der Waals surface area contributed by atoms with Crippen LogP contribution in [0, 0.1) is 11.8 Å². The van der Waals surface area contributed by atoms with Crippen molar-refractivity contribution in [2.75, 3.05) is 24.3 Å². The van der Waals surface area contributed by atoms with Crippen LogP contribution in [0.25, 0.3) is 5.70 Å². The van der Waals surface area contributed by atoms with Gasteiger partial charge in [0.05, 0.1) is 10.7 Å². The number of halogens is 1. The van der Waals surface area contributed by atoms with E-state index in [1.165, 1.54) is 6.20 Å². The van der Waals surface area contributed by atoms with E-state index in [-0.39, 0.29) is 18.4 Å². The largest absolute Gasteiger partial charge is 0.481 e. The van der Waals surface area contributed by atoms with Crippen LogP contribution in [0.1, 0.15) is 52.1 Å². The van der Waals surface area contributed by atoms with Gasteiger partial charge < -0.3 is 20.7 Å². The maximum absolute atomic E-state index is 12.9. The fourth-order valence-corrected chi connectivity index (χ4v) is 3.32. The number of hydrogen-bond acceptors (Lipinski definition) is 6. The number of ether oxygens (including phenoxy) is 1. The van der Waals surface area contributed by atoms with Gasteiger partial charge in [-0.15, -0.1) is 0 Å². The Hall–Kier alpha value is -3.13. The lowest BCUT2D eigenvalue weighted by atomic mass is 9.93. The third kappa shape index (κ3) is 8.33. The Bertz CT molecular complexity index is 981. The minimum Gasteiger partial charge on any atom is -0.481 e. The number of hydrogen-bond donors (Lipinski definition) is 3. The van der Waals surface area contributed by atoms with Gasteiger partial charge in [-0.2, -0.15) is 0 Å². The predicted octanol–water partition coefficient (Wildman–Crippen LogP) is 5.13. The highest BCUT2D eigenvalue weighted by molar-refractivity contribution is 6.30. The summed E-state index contributed by atoms with van der Waals surface area (Å²) in [6.45, 7) is 10.1. The van der Waals surface area contributed by atoms with Crippen molar-refractivity contribution >= 4 is 40.7 Å². The Morgan fingerprint density at radius 1 is 1.12 bits per heavy atom. The number of pyridine rings is 2. The van der Waals surface area contributed by atoms with Gasteiger partial charge in [0, 0.05) is 19.2 Å². The van der Waals surface area contributed by atoms with E-state index in [2.05, 4.69) is 46.3 Å². The van der Waals surface area contributed by atoms with Gasteiger partial charge >= 0.3 is 0 Å². The van der Waals surface area contributed by atoms with Crippen LogP contribution in [0.3, 0.4) is 0 Å². The average molecular weight is 488 g/mol. The summed E-state index contributed by atoms with van der Waals surface area (Å²) >= 11 is 5.81. The number of rotatable bonds is 13. The Balaban J connectivity index is 2.06. The van der Waals surface area contributed by atoms with E-state index in [0.29, 0.717) is 39.7 Å². The number of nitrogens with one attached hydrogen (secondary N) is 3. The van der Waals surface area contributed by atoms with Gasteiger partial charge in [0.2, 0.25) is 5.91 Å². The molecule has 2 aromatic heterocycles. The average Bonchev–Trinajstić information content (AvgIpc) is 2.84. The standard InChI is InChI=1S/C25H34ClN5O3/c1-6-16(3)8-9-18(7-2)25(33)29-17(4)24-20(11-13-21(27-5)31-24)34-15-23(32)30-22-12-10-19(26)14-28-22/h10-14,16,18H,4,6-9,15H2,1-3,5H3,(H,27,31)(H,29,33)(H,28,30,32)/t16?,18-/m1/s1. The van der Waals surface area contributed by atoms with E-state index in [1.807, 2.05) is 6.92 Å². The lowest BCUT2D eigenvalue weighted by Crippen LogP contribution is -2.30. The molecule has 0 fully saturated rings. The molecule has 8 nitrogen and oxygen atoms in total. The van der Waals surface area contributed by atoms with Gasteiger partial charge in [0.25, 0.3) is 5.91 Å². The predicted molar refractivity (Wildman–Crippen MR) is 137 cm³/mol. The third-order valence-electron chi connectivity index (χ3n) is 5.60. The first-order valence-corrected chi connectivity index (χ1v) is 11.9. The smallest absolute Gasteiger partial charge is 0.263 e. The van der Waals surface area contributed by atoms with Crippen molar-refractivity contribution in [1.29, 1.82) is 0 Å². The van der Waals surface area contributed by atoms with Crippen LogP contribution in [-0.4, -0.2) is 35.4 Å². The Labute approximate surface area is 206 Å². The molecule has 0 saturated heterocycles. The quantitative estimate of drug-likeness (QED) is 0.361.